The van der Waals surface area contributed by atoms with Crippen LogP contribution >= 0.6 is 11.6 Å². The summed E-state index contributed by atoms with van der Waals surface area (Å²) in [5.74, 6) is -0.803. The molecule has 0 atom stereocenters. The summed E-state index contributed by atoms with van der Waals surface area (Å²) in [6.07, 6.45) is 0. The topological polar surface area (TPSA) is 40.5 Å². The molecule has 0 aliphatic heterocycles. The first-order valence-corrected chi connectivity index (χ1v) is 4.53. The molecule has 78 valence electrons. The van der Waals surface area contributed by atoms with Crippen LogP contribution in [0.3, 0.4) is 0 Å². The number of hydrogen-bond donors (Lipinski definition) is 2. The van der Waals surface area contributed by atoms with E-state index >= 15 is 0 Å². The standard InChI is InChI=1S/C10H12ClFO2/c1-5-7(12)4-6(11)9(13)8(5)10(2,3)14/h4,13-14H,1-3H3. The smallest absolute Gasteiger partial charge is 0.140 e. The number of aliphatic hydroxyl groups is 1. The summed E-state index contributed by atoms with van der Waals surface area (Å²) in [4.78, 5) is 0. The van der Waals surface area contributed by atoms with Gasteiger partial charge in [0.15, 0.2) is 0 Å². The molecule has 1 aromatic rings. The van der Waals surface area contributed by atoms with Gasteiger partial charge in [0.2, 0.25) is 0 Å². The van der Waals surface area contributed by atoms with E-state index in [2.05, 4.69) is 0 Å². The first-order chi connectivity index (χ1) is 6.25. The zero-order chi connectivity index (χ0) is 11.1. The Bertz CT molecular complexity index is 343. The van der Waals surface area contributed by atoms with Crippen LogP contribution in [0.5, 0.6) is 5.75 Å². The van der Waals surface area contributed by atoms with Crippen LogP contribution in [0.15, 0.2) is 6.07 Å². The van der Waals surface area contributed by atoms with Crippen LogP contribution in [-0.2, 0) is 5.60 Å². The van der Waals surface area contributed by atoms with Crippen LogP contribution in [0.25, 0.3) is 0 Å². The maximum atomic E-state index is 13.2. The lowest BCUT2D eigenvalue weighted by Crippen LogP contribution is -2.18. The van der Waals surface area contributed by atoms with Gasteiger partial charge in [0.25, 0.3) is 0 Å². The normalized spacial score (nSPS) is 11.9. The molecule has 4 heteroatoms. The van der Waals surface area contributed by atoms with E-state index in [1.54, 1.807) is 0 Å². The van der Waals surface area contributed by atoms with Gasteiger partial charge in [-0.1, -0.05) is 11.6 Å². The average Bonchev–Trinajstić information content (AvgIpc) is 1.98. The molecule has 1 aromatic carbocycles. The molecule has 1 rings (SSSR count). The van der Waals surface area contributed by atoms with E-state index in [1.165, 1.54) is 20.8 Å². The van der Waals surface area contributed by atoms with Gasteiger partial charge in [-0.3, -0.25) is 0 Å². The molecule has 0 radical (unpaired) electrons. The highest BCUT2D eigenvalue weighted by atomic mass is 35.5. The second-order valence-corrected chi connectivity index (χ2v) is 4.16. The fourth-order valence-electron chi connectivity index (χ4n) is 1.45. The molecule has 0 saturated carbocycles. The van der Waals surface area contributed by atoms with Crippen molar-refractivity contribution >= 4 is 11.6 Å². The largest absolute Gasteiger partial charge is 0.506 e. The minimum absolute atomic E-state index is 0.0924. The van der Waals surface area contributed by atoms with Crippen molar-refractivity contribution in [2.45, 2.75) is 26.4 Å². The summed E-state index contributed by atoms with van der Waals surface area (Å²) < 4.78 is 13.2. The fourth-order valence-corrected chi connectivity index (χ4v) is 1.64. The maximum Gasteiger partial charge on any atom is 0.140 e. The third-order valence-electron chi connectivity index (χ3n) is 2.06. The molecule has 0 aromatic heterocycles. The number of benzene rings is 1. The summed E-state index contributed by atoms with van der Waals surface area (Å²) in [5.41, 5.74) is -0.984. The first-order valence-electron chi connectivity index (χ1n) is 4.15. The number of hydrogen-bond acceptors (Lipinski definition) is 2. The predicted octanol–water partition coefficient (Wildman–Crippen LogP) is 2.72. The molecule has 0 amide bonds. The molecule has 2 nitrogen and oxygen atoms in total. The van der Waals surface area contributed by atoms with Crippen molar-refractivity contribution in [3.63, 3.8) is 0 Å². The first kappa shape index (κ1) is 11.3. The number of halogens is 2. The van der Waals surface area contributed by atoms with Gasteiger partial charge in [0.05, 0.1) is 10.6 Å². The monoisotopic (exact) mass is 218 g/mol. The van der Waals surface area contributed by atoms with E-state index in [0.717, 1.165) is 6.07 Å². The van der Waals surface area contributed by atoms with Crippen molar-refractivity contribution < 1.29 is 14.6 Å². The van der Waals surface area contributed by atoms with Crippen LogP contribution in [0, 0.1) is 12.7 Å². The number of phenols is 1. The predicted molar refractivity (Wildman–Crippen MR) is 53.1 cm³/mol. The van der Waals surface area contributed by atoms with E-state index < -0.39 is 11.4 Å². The number of phenolic OH excluding ortho intramolecular Hbond substituents is 1. The lowest BCUT2D eigenvalue weighted by Gasteiger charge is -2.22. The zero-order valence-electron chi connectivity index (χ0n) is 8.23. The minimum atomic E-state index is -1.32. The molecular weight excluding hydrogens is 207 g/mol. The van der Waals surface area contributed by atoms with Crippen LogP contribution in [-0.4, -0.2) is 10.2 Å². The van der Waals surface area contributed by atoms with E-state index in [-0.39, 0.29) is 21.9 Å². The van der Waals surface area contributed by atoms with Crippen molar-refractivity contribution in [3.8, 4) is 5.75 Å². The maximum absolute atomic E-state index is 13.2. The quantitative estimate of drug-likeness (QED) is 0.761. The van der Waals surface area contributed by atoms with Gasteiger partial charge in [0.1, 0.15) is 11.6 Å². The second kappa shape index (κ2) is 3.41. The van der Waals surface area contributed by atoms with Crippen LogP contribution in [0.2, 0.25) is 5.02 Å². The molecule has 14 heavy (non-hydrogen) atoms. The second-order valence-electron chi connectivity index (χ2n) is 3.75. The Morgan fingerprint density at radius 3 is 2.36 bits per heavy atom. The minimum Gasteiger partial charge on any atom is -0.506 e. The van der Waals surface area contributed by atoms with Crippen molar-refractivity contribution in [1.29, 1.82) is 0 Å². The van der Waals surface area contributed by atoms with Gasteiger partial charge in [0, 0.05) is 5.56 Å². The molecule has 0 fully saturated rings. The summed E-state index contributed by atoms with van der Waals surface area (Å²) in [6.45, 7) is 4.41. The highest BCUT2D eigenvalue weighted by molar-refractivity contribution is 6.32. The van der Waals surface area contributed by atoms with Crippen molar-refractivity contribution in [1.82, 2.24) is 0 Å². The molecule has 0 heterocycles. The van der Waals surface area contributed by atoms with Gasteiger partial charge in [-0.05, 0) is 32.4 Å². The van der Waals surface area contributed by atoms with Gasteiger partial charge in [-0.25, -0.2) is 4.39 Å². The van der Waals surface area contributed by atoms with Gasteiger partial charge >= 0.3 is 0 Å². The Labute approximate surface area is 86.9 Å². The molecular formula is C10H12ClFO2. The molecule has 0 bridgehead atoms. The molecule has 0 spiro atoms. The van der Waals surface area contributed by atoms with Crippen molar-refractivity contribution in [2.24, 2.45) is 0 Å². The van der Waals surface area contributed by atoms with Gasteiger partial charge in [-0.2, -0.15) is 0 Å². The Balaban J connectivity index is 3.56. The van der Waals surface area contributed by atoms with Crippen LogP contribution in [0.4, 0.5) is 4.39 Å². The lowest BCUT2D eigenvalue weighted by atomic mass is 9.92. The molecule has 0 saturated heterocycles. The molecule has 0 unspecified atom stereocenters. The molecule has 0 aliphatic carbocycles. The van der Waals surface area contributed by atoms with E-state index in [1.807, 2.05) is 0 Å². The summed E-state index contributed by atoms with van der Waals surface area (Å²) in [5, 5.41) is 19.2. The Morgan fingerprint density at radius 1 is 1.43 bits per heavy atom. The average molecular weight is 219 g/mol. The van der Waals surface area contributed by atoms with E-state index in [0.29, 0.717) is 0 Å². The number of rotatable bonds is 1. The van der Waals surface area contributed by atoms with Crippen molar-refractivity contribution in [3.05, 3.63) is 28.0 Å². The lowest BCUT2D eigenvalue weighted by molar-refractivity contribution is 0.0747. The summed E-state index contributed by atoms with van der Waals surface area (Å²) in [7, 11) is 0. The van der Waals surface area contributed by atoms with E-state index in [9.17, 15) is 14.6 Å². The van der Waals surface area contributed by atoms with Crippen LogP contribution in [0.1, 0.15) is 25.0 Å². The van der Waals surface area contributed by atoms with Crippen LogP contribution < -0.4 is 0 Å². The van der Waals surface area contributed by atoms with Gasteiger partial charge in [-0.15, -0.1) is 0 Å². The van der Waals surface area contributed by atoms with Crippen molar-refractivity contribution in [2.75, 3.05) is 0 Å². The SMILES string of the molecule is Cc1c(F)cc(Cl)c(O)c1C(C)(C)O. The number of aromatic hydroxyl groups is 1. The Hall–Kier alpha value is -0.800. The van der Waals surface area contributed by atoms with Gasteiger partial charge < -0.3 is 10.2 Å². The summed E-state index contributed by atoms with van der Waals surface area (Å²) in [6, 6.07) is 1.03. The Morgan fingerprint density at radius 2 is 1.93 bits per heavy atom. The Kier molecular flexibility index (Phi) is 2.74. The van der Waals surface area contributed by atoms with E-state index in [4.69, 9.17) is 11.6 Å². The molecule has 2 N–H and O–H groups in total. The zero-order valence-corrected chi connectivity index (χ0v) is 8.98. The third-order valence-corrected chi connectivity index (χ3v) is 2.35. The third kappa shape index (κ3) is 1.83. The highest BCUT2D eigenvalue weighted by Gasteiger charge is 2.26. The fraction of sp³-hybridized carbons (Fsp3) is 0.400. The molecule has 0 aliphatic rings. The highest BCUT2D eigenvalue weighted by Crippen LogP contribution is 2.38. The summed E-state index contributed by atoms with van der Waals surface area (Å²) >= 11 is 5.60.